The molecule has 0 aromatic heterocycles. The number of benzene rings is 3. The Hall–Kier alpha value is -5.25. The Kier molecular flexibility index (Phi) is 8.09. The minimum atomic E-state index is -0.976. The van der Waals surface area contributed by atoms with Gasteiger partial charge in [0.15, 0.2) is 6.04 Å². The van der Waals surface area contributed by atoms with Gasteiger partial charge in [-0.05, 0) is 50.4 Å². The van der Waals surface area contributed by atoms with E-state index in [2.05, 4.69) is 5.87 Å². The molecule has 3 aromatic rings. The lowest BCUT2D eigenvalue weighted by Crippen LogP contribution is -2.42. The number of amides is 2. The summed E-state index contributed by atoms with van der Waals surface area (Å²) >= 11 is 0. The molecule has 0 spiro atoms. The average Bonchev–Trinajstić information content (AvgIpc) is 3.24. The standard InChI is InChI=1S/C32H28N4O4/c1-32(2,3)40-31(38)35-27-17-11-10-16-26(27)29(30(35)37)36(39)28(24-14-8-5-9-15-24)25(19-18-22(20-33)21-34)23-12-6-4-7-13-23/h4-19,25,28,33H,1-3H3/b19-18-,36-29?/t25-,28-/m0/s1. The quantitative estimate of drug-likeness (QED) is 0.104. The molecule has 0 saturated carbocycles. The van der Waals surface area contributed by atoms with Crippen LogP contribution in [0.5, 0.6) is 0 Å². The van der Waals surface area contributed by atoms with E-state index in [0.717, 1.165) is 10.5 Å². The van der Waals surface area contributed by atoms with Crippen molar-refractivity contribution < 1.29 is 19.1 Å². The highest BCUT2D eigenvalue weighted by atomic mass is 16.6. The number of ether oxygens (including phenoxy) is 1. The highest BCUT2D eigenvalue weighted by molar-refractivity contribution is 6.56. The van der Waals surface area contributed by atoms with Crippen LogP contribution in [-0.4, -0.2) is 33.9 Å². The molecule has 0 aliphatic carbocycles. The largest absolute Gasteiger partial charge is 0.623 e. The molecule has 1 aliphatic heterocycles. The van der Waals surface area contributed by atoms with E-state index in [1.165, 1.54) is 6.08 Å². The van der Waals surface area contributed by atoms with Crippen molar-refractivity contribution in [2.45, 2.75) is 38.3 Å². The molecule has 8 nitrogen and oxygen atoms in total. The van der Waals surface area contributed by atoms with Crippen LogP contribution in [0.3, 0.4) is 0 Å². The van der Waals surface area contributed by atoms with E-state index >= 15 is 0 Å². The maximum atomic E-state index is 14.5. The minimum absolute atomic E-state index is 0.0174. The Labute approximate surface area is 232 Å². The third-order valence-electron chi connectivity index (χ3n) is 6.25. The Morgan fingerprint density at radius 1 is 1.00 bits per heavy atom. The first-order valence-electron chi connectivity index (χ1n) is 12.6. The van der Waals surface area contributed by atoms with Gasteiger partial charge in [0.1, 0.15) is 17.2 Å². The third-order valence-corrected chi connectivity index (χ3v) is 6.25. The maximum Gasteiger partial charge on any atom is 0.422 e. The van der Waals surface area contributed by atoms with Gasteiger partial charge in [0.05, 0.1) is 17.2 Å². The summed E-state index contributed by atoms with van der Waals surface area (Å²) in [5.41, 5.74) is 0.852. The minimum Gasteiger partial charge on any atom is -0.623 e. The predicted molar refractivity (Wildman–Crippen MR) is 152 cm³/mol. The molecule has 0 unspecified atom stereocenters. The number of rotatable bonds is 6. The summed E-state index contributed by atoms with van der Waals surface area (Å²) in [5.74, 6) is 0.644. The van der Waals surface area contributed by atoms with E-state index in [1.807, 2.05) is 42.5 Å². The molecule has 2 atom stereocenters. The molecule has 1 heterocycles. The number of allylic oxidation sites excluding steroid dienone is 2. The van der Waals surface area contributed by atoms with Crippen LogP contribution in [0.2, 0.25) is 0 Å². The van der Waals surface area contributed by atoms with Crippen LogP contribution in [0.15, 0.2) is 103 Å². The molecule has 40 heavy (non-hydrogen) atoms. The van der Waals surface area contributed by atoms with E-state index in [-0.39, 0.29) is 17.0 Å². The van der Waals surface area contributed by atoms with E-state index in [1.54, 1.807) is 75.4 Å². The fourth-order valence-corrected chi connectivity index (χ4v) is 4.56. The first-order chi connectivity index (χ1) is 19.2. The number of hydrogen-bond acceptors (Lipinski definition) is 6. The van der Waals surface area contributed by atoms with Crippen LogP contribution in [0.1, 0.15) is 49.4 Å². The number of carbonyl (C=O) groups excluding carboxylic acids is 2. The molecule has 0 bridgehead atoms. The van der Waals surface area contributed by atoms with Gasteiger partial charge < -0.3 is 9.94 Å². The van der Waals surface area contributed by atoms with Crippen LogP contribution in [0, 0.1) is 21.9 Å². The number of nitrogens with zero attached hydrogens (tertiary/aromatic N) is 3. The summed E-state index contributed by atoms with van der Waals surface area (Å²) in [4.78, 5) is 27.8. The lowest BCUT2D eigenvalue weighted by molar-refractivity contribution is -0.509. The van der Waals surface area contributed by atoms with Crippen molar-refractivity contribution in [1.82, 2.24) is 0 Å². The number of carbonyl (C=O) groups is 2. The fraction of sp³-hybridized carbons (Fsp3) is 0.188. The molecule has 0 radical (unpaired) electrons. The van der Waals surface area contributed by atoms with Crippen LogP contribution >= 0.6 is 0 Å². The van der Waals surface area contributed by atoms with Crippen LogP contribution in [0.4, 0.5) is 10.5 Å². The molecule has 8 heteroatoms. The number of nitrogens with one attached hydrogen (secondary N) is 1. The molecule has 1 aliphatic rings. The van der Waals surface area contributed by atoms with Gasteiger partial charge in [0, 0.05) is 5.56 Å². The lowest BCUT2D eigenvalue weighted by atomic mass is 9.86. The highest BCUT2D eigenvalue weighted by Gasteiger charge is 2.47. The monoisotopic (exact) mass is 532 g/mol. The van der Waals surface area contributed by atoms with Crippen LogP contribution in [-0.2, 0) is 9.53 Å². The molecule has 1 N–H and O–H groups in total. The van der Waals surface area contributed by atoms with Crippen molar-refractivity contribution >= 4 is 29.3 Å². The van der Waals surface area contributed by atoms with Crippen LogP contribution in [0.25, 0.3) is 0 Å². The second-order valence-electron chi connectivity index (χ2n) is 10.1. The van der Waals surface area contributed by atoms with Gasteiger partial charge in [-0.15, -0.1) is 0 Å². The van der Waals surface area contributed by atoms with Gasteiger partial charge in [0.25, 0.3) is 5.71 Å². The Morgan fingerprint density at radius 2 is 1.57 bits per heavy atom. The third kappa shape index (κ3) is 5.75. The summed E-state index contributed by atoms with van der Waals surface area (Å²) < 4.78 is 6.13. The molecule has 4 rings (SSSR count). The van der Waals surface area contributed by atoms with Crippen molar-refractivity contribution in [1.29, 1.82) is 10.7 Å². The predicted octanol–water partition coefficient (Wildman–Crippen LogP) is 6.05. The lowest BCUT2D eigenvalue weighted by Gasteiger charge is -2.26. The molecule has 3 aromatic carbocycles. The normalized spacial score (nSPS) is 15.6. The Morgan fingerprint density at radius 3 is 2.15 bits per heavy atom. The van der Waals surface area contributed by atoms with Gasteiger partial charge >= 0.3 is 12.0 Å². The second kappa shape index (κ2) is 11.6. The van der Waals surface area contributed by atoms with Gasteiger partial charge in [-0.3, -0.25) is 10.2 Å². The number of nitriles is 1. The van der Waals surface area contributed by atoms with Gasteiger partial charge in [-0.2, -0.15) is 10.0 Å². The van der Waals surface area contributed by atoms with Crippen molar-refractivity contribution in [2.24, 2.45) is 0 Å². The van der Waals surface area contributed by atoms with Crippen LogP contribution < -0.4 is 4.90 Å². The fourth-order valence-electron chi connectivity index (χ4n) is 4.56. The molecule has 200 valence electrons. The summed E-state index contributed by atoms with van der Waals surface area (Å²) in [5, 5.41) is 31.3. The first-order valence-corrected chi connectivity index (χ1v) is 12.6. The number of imide groups is 1. The number of fused-ring (bicyclic) bond motifs is 1. The number of anilines is 1. The zero-order valence-corrected chi connectivity index (χ0v) is 22.4. The molecular formula is C32H28N4O4. The summed E-state index contributed by atoms with van der Waals surface area (Å²) in [6.07, 6.45) is 2.23. The molecule has 2 amide bonds. The smallest absolute Gasteiger partial charge is 0.422 e. The zero-order chi connectivity index (χ0) is 28.9. The SMILES string of the molecule is CC(C)(C)OC(=O)N1C(=O)C(=[N+]([O-])[C@@H](c2ccccc2)[C@@H](/C=C\C(=C=N)C#N)c2ccccc2)c2ccccc21. The van der Waals surface area contributed by atoms with Gasteiger partial charge in [-0.25, -0.2) is 9.69 Å². The Bertz CT molecular complexity index is 1570. The summed E-state index contributed by atoms with van der Waals surface area (Å²) in [6.45, 7) is 5.09. The molecular weight excluding hydrogens is 504 g/mol. The highest BCUT2D eigenvalue weighted by Crippen LogP contribution is 2.38. The van der Waals surface area contributed by atoms with Gasteiger partial charge in [0.2, 0.25) is 0 Å². The Balaban J connectivity index is 1.96. The topological polar surface area (TPSA) is 120 Å². The zero-order valence-electron chi connectivity index (χ0n) is 22.4. The maximum absolute atomic E-state index is 14.5. The molecule has 0 fully saturated rings. The number of hydroxylamine groups is 1. The first kappa shape index (κ1) is 27.8. The summed E-state index contributed by atoms with van der Waals surface area (Å²) in [6, 6.07) is 25.7. The summed E-state index contributed by atoms with van der Waals surface area (Å²) in [7, 11) is 0. The number of hydrogen-bond donors (Lipinski definition) is 1. The van der Waals surface area contributed by atoms with E-state index < -0.39 is 29.6 Å². The average molecular weight is 533 g/mol. The van der Waals surface area contributed by atoms with E-state index in [4.69, 9.17) is 10.1 Å². The van der Waals surface area contributed by atoms with Gasteiger partial charge in [-0.1, -0.05) is 78.9 Å². The van der Waals surface area contributed by atoms with Crippen molar-refractivity contribution in [3.63, 3.8) is 0 Å². The molecule has 0 saturated heterocycles. The van der Waals surface area contributed by atoms with Crippen molar-refractivity contribution in [2.75, 3.05) is 4.90 Å². The van der Waals surface area contributed by atoms with Crippen molar-refractivity contribution in [3.8, 4) is 6.07 Å². The van der Waals surface area contributed by atoms with Crippen molar-refractivity contribution in [3.05, 3.63) is 125 Å². The number of para-hydroxylation sites is 1. The van der Waals surface area contributed by atoms with E-state index in [9.17, 15) is 20.1 Å². The van der Waals surface area contributed by atoms with E-state index in [0.29, 0.717) is 15.9 Å². The second-order valence-corrected chi connectivity index (χ2v) is 10.1.